The van der Waals surface area contributed by atoms with Crippen molar-refractivity contribution in [2.75, 3.05) is 72.5 Å². The molecule has 24 nitrogen and oxygen atoms in total. The van der Waals surface area contributed by atoms with Crippen molar-refractivity contribution in [2.24, 2.45) is 17.2 Å². The summed E-state index contributed by atoms with van der Waals surface area (Å²) in [4.78, 5) is 77.7. The molecule has 0 aromatic carbocycles. The van der Waals surface area contributed by atoms with Crippen LogP contribution in [0.15, 0.2) is 0 Å². The first kappa shape index (κ1) is 114. The van der Waals surface area contributed by atoms with Crippen LogP contribution in [0.4, 0.5) is 0 Å². The van der Waals surface area contributed by atoms with E-state index in [0.717, 1.165) is 148 Å². The number of nitrogens with one attached hydrogen (secondary N) is 2. The van der Waals surface area contributed by atoms with Gasteiger partial charge in [-0.15, -0.1) is 0 Å². The fraction of sp³-hybridized carbons (Fsp3) is 0.954. The number of amides is 2. The van der Waals surface area contributed by atoms with Crippen molar-refractivity contribution in [2.45, 2.75) is 463 Å². The summed E-state index contributed by atoms with van der Waals surface area (Å²) in [6.45, 7) is 14.5. The van der Waals surface area contributed by atoms with Gasteiger partial charge in [-0.1, -0.05) is 350 Å². The molecule has 1 heterocycles. The standard InChI is InChI=1S/C81H157N2O16P.3C2H7NO/c1-7-13-19-25-31-37-40-46-52-58-69(93-61-55-49-43-34-28-22-16-10-4)64-74(85)82-72(80(88)89)68-96-81-77(83-75(86)65-70(59-53-47-41-38-32-26-20-14-8-2)94-62-56-50-44-35-29-23-17-11-5)79(78(73(67-84)97-81)99-100(90,91)92)98-76(87)66-71(60-54-48-42-39-33-27-21-15-9-3)95-63-57-51-45-36-30-24-18-12-6;3*3-1-2-4/h69-73,77-79,81,84H,7-68H2,1-6H3,(H,82,85)(H,83,86)(H,88,89)(H2,90,91,92);3*4H,1-3H2/t69-,70-,71-,72+,73-,77-,78-,79-,81-;;;/m1.../s1. The first-order valence-corrected chi connectivity index (χ1v) is 47.3. The lowest BCUT2D eigenvalue weighted by molar-refractivity contribution is -0.272. The van der Waals surface area contributed by atoms with Gasteiger partial charge in [0.15, 0.2) is 18.4 Å². The second-order valence-electron chi connectivity index (χ2n) is 31.0. The quantitative estimate of drug-likeness (QED) is 0.0153. The monoisotopic (exact) mass is 1630 g/mol. The molecule has 0 aromatic heterocycles. The van der Waals surface area contributed by atoms with Gasteiger partial charge in [0.05, 0.1) is 70.6 Å². The molecular formula is C87H178N5O19P. The molecule has 0 bridgehead atoms. The normalized spacial score (nSPS) is 16.6. The van der Waals surface area contributed by atoms with Gasteiger partial charge in [0, 0.05) is 39.5 Å². The predicted molar refractivity (Wildman–Crippen MR) is 455 cm³/mol. The zero-order chi connectivity index (χ0) is 83.5. The smallest absolute Gasteiger partial charge is 0.470 e. The SMILES string of the molecule is CCCCCCCCCCC[C@H](CC(=O)N[C@H]1[C@H](OC[C@H](NC(=O)C[C@@H](CCCCCCCCCCC)OCCCCCCCCCC)C(=O)O)O[C@H](CO)[C@@H](OP(=O)(O)O)[C@@H]1OC(=O)C[C@@H](CCCCCCCCCCC)OCCCCCCCCCC)OCCCCCCCCCC.NCCO.NCCO.NCCO. The van der Waals surface area contributed by atoms with Gasteiger partial charge in [0.2, 0.25) is 11.8 Å². The minimum Gasteiger partial charge on any atom is -0.480 e. The summed E-state index contributed by atoms with van der Waals surface area (Å²) in [7, 11) is -5.44. The molecule has 0 aromatic rings. The lowest BCUT2D eigenvalue weighted by Gasteiger charge is -2.45. The number of rotatable bonds is 79. The number of hydrogen-bond donors (Lipinski definition) is 12. The average Bonchev–Trinajstić information content (AvgIpc) is 0.780. The number of carboxylic acid groups (broad SMARTS) is 1. The van der Waals surface area contributed by atoms with Gasteiger partial charge in [-0.05, 0) is 38.5 Å². The van der Waals surface area contributed by atoms with E-state index in [1.165, 1.54) is 180 Å². The summed E-state index contributed by atoms with van der Waals surface area (Å²) in [5, 5.41) is 50.6. The number of nitrogens with two attached hydrogens (primary N) is 3. The maximum absolute atomic E-state index is 14.8. The number of aliphatic carboxylic acids is 1. The van der Waals surface area contributed by atoms with Crippen LogP contribution in [0.1, 0.15) is 408 Å². The van der Waals surface area contributed by atoms with Gasteiger partial charge >= 0.3 is 19.8 Å². The molecule has 1 aliphatic rings. The van der Waals surface area contributed by atoms with Crippen LogP contribution in [-0.2, 0) is 56.7 Å². The van der Waals surface area contributed by atoms with Crippen LogP contribution in [0.3, 0.4) is 0 Å². The minimum atomic E-state index is -5.44. The molecule has 15 N–H and O–H groups in total. The molecule has 0 unspecified atom stereocenters. The Morgan fingerprint density at radius 1 is 0.402 bits per heavy atom. The summed E-state index contributed by atoms with van der Waals surface area (Å²) in [5.41, 5.74) is 14.3. The highest BCUT2D eigenvalue weighted by molar-refractivity contribution is 7.46. The summed E-state index contributed by atoms with van der Waals surface area (Å²) >= 11 is 0. The van der Waals surface area contributed by atoms with Crippen LogP contribution in [-0.4, -0.2) is 187 Å². The van der Waals surface area contributed by atoms with Crippen molar-refractivity contribution in [3.8, 4) is 0 Å². The Kier molecular flexibility index (Phi) is 89.1. The molecule has 112 heavy (non-hydrogen) atoms. The van der Waals surface area contributed by atoms with Gasteiger partial charge in [-0.25, -0.2) is 9.36 Å². The number of carbonyl (C=O) groups excluding carboxylic acids is 3. The number of phosphoric ester groups is 1. The fourth-order valence-corrected chi connectivity index (χ4v) is 14.2. The molecule has 1 rings (SSSR count). The highest BCUT2D eigenvalue weighted by Crippen LogP contribution is 2.42. The molecule has 1 saturated heterocycles. The second kappa shape index (κ2) is 87.8. The third-order valence-electron chi connectivity index (χ3n) is 20.3. The van der Waals surface area contributed by atoms with Crippen LogP contribution in [0.5, 0.6) is 0 Å². The molecular weight excluding hydrogens is 1450 g/mol. The van der Waals surface area contributed by atoms with Crippen molar-refractivity contribution in [3.05, 3.63) is 0 Å². The van der Waals surface area contributed by atoms with Gasteiger partial charge in [-0.2, -0.15) is 0 Å². The maximum atomic E-state index is 14.8. The summed E-state index contributed by atoms with van der Waals surface area (Å²) in [6, 6.07) is -3.22. The number of aliphatic hydroxyl groups is 4. The first-order valence-electron chi connectivity index (χ1n) is 45.8. The molecule has 0 aliphatic carbocycles. The van der Waals surface area contributed by atoms with Gasteiger partial charge in [0.25, 0.3) is 0 Å². The first-order chi connectivity index (χ1) is 54.4. The van der Waals surface area contributed by atoms with Crippen molar-refractivity contribution in [1.82, 2.24) is 10.6 Å². The van der Waals surface area contributed by atoms with Gasteiger partial charge < -0.3 is 91.6 Å². The van der Waals surface area contributed by atoms with Gasteiger partial charge in [-0.3, -0.25) is 18.9 Å². The van der Waals surface area contributed by atoms with E-state index in [-0.39, 0.29) is 39.1 Å². The number of unbranched alkanes of at least 4 members (excludes halogenated alkanes) is 45. The zero-order valence-corrected chi connectivity index (χ0v) is 73.4. The summed E-state index contributed by atoms with van der Waals surface area (Å²) < 4.78 is 56.7. The Labute approximate surface area is 683 Å². The molecule has 9 atom stereocenters. The van der Waals surface area contributed by atoms with Crippen molar-refractivity contribution < 1.29 is 92.0 Å². The molecule has 670 valence electrons. The third kappa shape index (κ3) is 76.2. The van der Waals surface area contributed by atoms with Gasteiger partial charge in [0.1, 0.15) is 18.2 Å². The molecule has 0 spiro atoms. The lowest BCUT2D eigenvalue weighted by Crippen LogP contribution is -2.66. The number of phosphoric acid groups is 1. The van der Waals surface area contributed by atoms with Crippen molar-refractivity contribution >= 4 is 31.6 Å². The van der Waals surface area contributed by atoms with Crippen LogP contribution < -0.4 is 27.8 Å². The number of carboxylic acids is 1. The number of ether oxygens (including phenoxy) is 6. The average molecular weight is 1630 g/mol. The largest absolute Gasteiger partial charge is 0.480 e. The van der Waals surface area contributed by atoms with Crippen LogP contribution in [0, 0.1) is 0 Å². The highest BCUT2D eigenvalue weighted by Gasteiger charge is 2.52. The Morgan fingerprint density at radius 3 is 0.955 bits per heavy atom. The Morgan fingerprint density at radius 2 is 0.679 bits per heavy atom. The number of aliphatic hydroxyl groups excluding tert-OH is 4. The fourth-order valence-electron chi connectivity index (χ4n) is 13.7. The molecule has 0 saturated carbocycles. The molecule has 1 fully saturated rings. The van der Waals surface area contributed by atoms with E-state index < -0.39 is 99.8 Å². The summed E-state index contributed by atoms with van der Waals surface area (Å²) in [5.74, 6) is -3.33. The predicted octanol–water partition coefficient (Wildman–Crippen LogP) is 17.5. The Balaban J connectivity index is -0.00000917. The van der Waals surface area contributed by atoms with Crippen LogP contribution in [0.25, 0.3) is 0 Å². The molecule has 2 amide bonds. The van der Waals surface area contributed by atoms with E-state index >= 15 is 0 Å². The molecule has 1 aliphatic heterocycles. The van der Waals surface area contributed by atoms with Crippen LogP contribution >= 0.6 is 7.82 Å². The van der Waals surface area contributed by atoms with E-state index in [9.17, 15) is 43.7 Å². The zero-order valence-electron chi connectivity index (χ0n) is 72.5. The van der Waals surface area contributed by atoms with E-state index in [2.05, 4.69) is 52.2 Å². The van der Waals surface area contributed by atoms with Crippen molar-refractivity contribution in [1.29, 1.82) is 0 Å². The summed E-state index contributed by atoms with van der Waals surface area (Å²) in [6.07, 6.45) is 50.2. The lowest BCUT2D eigenvalue weighted by atomic mass is 9.95. The van der Waals surface area contributed by atoms with Crippen molar-refractivity contribution in [3.63, 3.8) is 0 Å². The second-order valence-corrected chi connectivity index (χ2v) is 32.2. The topological polar surface area (TPSA) is 394 Å². The highest BCUT2D eigenvalue weighted by atomic mass is 31.2. The number of hydrogen-bond acceptors (Lipinski definition) is 19. The minimum absolute atomic E-state index is 0.0767. The Hall–Kier alpha value is -2.49. The Bertz CT molecular complexity index is 1960. The van der Waals surface area contributed by atoms with E-state index in [4.69, 9.17) is 65.5 Å². The number of esters is 1. The molecule has 0 radical (unpaired) electrons. The van der Waals surface area contributed by atoms with E-state index in [0.29, 0.717) is 58.7 Å². The van der Waals surface area contributed by atoms with E-state index in [1.54, 1.807) is 0 Å². The van der Waals surface area contributed by atoms with Crippen LogP contribution in [0.2, 0.25) is 0 Å². The number of carbonyl (C=O) groups is 4. The van der Waals surface area contributed by atoms with E-state index in [1.807, 2.05) is 0 Å². The molecule has 25 heteroatoms. The third-order valence-corrected chi connectivity index (χ3v) is 20.8. The maximum Gasteiger partial charge on any atom is 0.470 e.